The Morgan fingerprint density at radius 1 is 1.35 bits per heavy atom. The number of nitrogens with zero attached hydrogens (tertiary/aromatic N) is 1. The Morgan fingerprint density at radius 3 is 2.83 bits per heavy atom. The molecule has 0 aliphatic carbocycles. The van der Waals surface area contributed by atoms with E-state index in [1.807, 2.05) is 12.1 Å². The van der Waals surface area contributed by atoms with Crippen molar-refractivity contribution in [3.8, 4) is 17.2 Å². The first-order valence-corrected chi connectivity index (χ1v) is 8.22. The van der Waals surface area contributed by atoms with Gasteiger partial charge in [-0.3, -0.25) is 4.90 Å². The minimum absolute atomic E-state index is 0.268. The maximum Gasteiger partial charge on any atom is 0.231 e. The molecular formula is C18H26N2O3. The van der Waals surface area contributed by atoms with E-state index in [1.54, 1.807) is 7.11 Å². The van der Waals surface area contributed by atoms with Gasteiger partial charge in [0, 0.05) is 19.1 Å². The predicted octanol–water partition coefficient (Wildman–Crippen LogP) is 2.55. The second kappa shape index (κ2) is 7.23. The lowest BCUT2D eigenvalue weighted by atomic mass is 10.0. The highest BCUT2D eigenvalue weighted by molar-refractivity contribution is 5.55. The van der Waals surface area contributed by atoms with Crippen LogP contribution in [-0.4, -0.2) is 44.5 Å². The van der Waals surface area contributed by atoms with E-state index in [2.05, 4.69) is 23.7 Å². The summed E-state index contributed by atoms with van der Waals surface area (Å²) in [4.78, 5) is 2.48. The van der Waals surface area contributed by atoms with E-state index in [4.69, 9.17) is 14.2 Å². The van der Waals surface area contributed by atoms with Crippen molar-refractivity contribution in [2.24, 2.45) is 0 Å². The average molecular weight is 318 g/mol. The molecule has 0 unspecified atom stereocenters. The predicted molar refractivity (Wildman–Crippen MR) is 90.2 cm³/mol. The molecule has 126 valence electrons. The van der Waals surface area contributed by atoms with Crippen molar-refractivity contribution in [2.45, 2.75) is 32.4 Å². The molecule has 0 spiro atoms. The topological polar surface area (TPSA) is 43.0 Å². The molecule has 1 aromatic rings. The van der Waals surface area contributed by atoms with Crippen LogP contribution in [0.15, 0.2) is 24.3 Å². The van der Waals surface area contributed by atoms with Gasteiger partial charge in [0.2, 0.25) is 12.5 Å². The summed E-state index contributed by atoms with van der Waals surface area (Å²) < 4.78 is 16.3. The van der Waals surface area contributed by atoms with E-state index in [-0.39, 0.29) is 6.79 Å². The third kappa shape index (κ3) is 3.98. The molecule has 0 radical (unpaired) electrons. The molecule has 1 saturated heterocycles. The Balaban J connectivity index is 1.52. The molecular weight excluding hydrogens is 292 g/mol. The van der Waals surface area contributed by atoms with Gasteiger partial charge in [-0.05, 0) is 50.6 Å². The Labute approximate surface area is 138 Å². The van der Waals surface area contributed by atoms with Crippen LogP contribution in [0.2, 0.25) is 0 Å². The highest BCUT2D eigenvalue weighted by Gasteiger charge is 2.21. The van der Waals surface area contributed by atoms with E-state index in [0.717, 1.165) is 43.2 Å². The summed E-state index contributed by atoms with van der Waals surface area (Å²) in [6, 6.07) is 4.62. The maximum absolute atomic E-state index is 5.48. The second-order valence-electron chi connectivity index (χ2n) is 6.42. The molecule has 5 heteroatoms. The Kier molecular flexibility index (Phi) is 5.08. The van der Waals surface area contributed by atoms with Crippen LogP contribution in [0.3, 0.4) is 0 Å². The lowest BCUT2D eigenvalue weighted by Gasteiger charge is -2.32. The fourth-order valence-corrected chi connectivity index (χ4v) is 3.23. The summed E-state index contributed by atoms with van der Waals surface area (Å²) in [6.07, 6.45) is 2.35. The van der Waals surface area contributed by atoms with Crippen LogP contribution in [0.5, 0.6) is 17.2 Å². The first-order valence-electron chi connectivity index (χ1n) is 8.22. The van der Waals surface area contributed by atoms with Crippen LogP contribution in [0, 0.1) is 0 Å². The van der Waals surface area contributed by atoms with E-state index < -0.39 is 0 Å². The molecule has 0 bridgehead atoms. The number of nitrogens with one attached hydrogen (secondary N) is 1. The van der Waals surface area contributed by atoms with Crippen LogP contribution in [0.1, 0.15) is 25.3 Å². The number of ether oxygens (including phenoxy) is 3. The fourth-order valence-electron chi connectivity index (χ4n) is 3.23. The van der Waals surface area contributed by atoms with Crippen LogP contribution in [-0.2, 0) is 6.54 Å². The van der Waals surface area contributed by atoms with Gasteiger partial charge in [0.05, 0.1) is 7.11 Å². The molecule has 1 aromatic carbocycles. The third-order valence-corrected chi connectivity index (χ3v) is 4.39. The smallest absolute Gasteiger partial charge is 0.231 e. The quantitative estimate of drug-likeness (QED) is 0.817. The van der Waals surface area contributed by atoms with E-state index in [1.165, 1.54) is 18.4 Å². The van der Waals surface area contributed by atoms with Gasteiger partial charge in [-0.1, -0.05) is 12.2 Å². The monoisotopic (exact) mass is 318 g/mol. The van der Waals surface area contributed by atoms with Gasteiger partial charge in [-0.15, -0.1) is 0 Å². The number of hydrogen-bond donors (Lipinski definition) is 1. The normalized spacial score (nSPS) is 18.2. The molecule has 2 heterocycles. The van der Waals surface area contributed by atoms with Crippen molar-refractivity contribution in [1.29, 1.82) is 0 Å². The Hall–Kier alpha value is -1.72. The highest BCUT2D eigenvalue weighted by atomic mass is 16.7. The van der Waals surface area contributed by atoms with Crippen molar-refractivity contribution in [2.75, 3.05) is 33.5 Å². The summed E-state index contributed by atoms with van der Waals surface area (Å²) >= 11 is 0. The van der Waals surface area contributed by atoms with Gasteiger partial charge in [0.1, 0.15) is 0 Å². The average Bonchev–Trinajstić information content (AvgIpc) is 3.01. The van der Waals surface area contributed by atoms with Gasteiger partial charge in [0.15, 0.2) is 11.5 Å². The van der Waals surface area contributed by atoms with Crippen LogP contribution in [0.4, 0.5) is 0 Å². The molecule has 1 N–H and O–H groups in total. The van der Waals surface area contributed by atoms with Crippen LogP contribution in [0.25, 0.3) is 0 Å². The molecule has 1 fully saturated rings. The van der Waals surface area contributed by atoms with E-state index in [0.29, 0.717) is 11.8 Å². The van der Waals surface area contributed by atoms with Gasteiger partial charge < -0.3 is 19.5 Å². The Morgan fingerprint density at radius 2 is 2.13 bits per heavy atom. The SMILES string of the molecule is C=C(C)CN1CCC(NCc2cc(OC)c3c(c2)OCO3)CC1. The number of benzene rings is 1. The summed E-state index contributed by atoms with van der Waals surface area (Å²) in [5.74, 6) is 2.23. The van der Waals surface area contributed by atoms with E-state index >= 15 is 0 Å². The second-order valence-corrected chi connectivity index (χ2v) is 6.42. The molecule has 0 amide bonds. The third-order valence-electron chi connectivity index (χ3n) is 4.39. The first kappa shape index (κ1) is 16.1. The largest absolute Gasteiger partial charge is 0.493 e. The van der Waals surface area contributed by atoms with Crippen LogP contribution >= 0.6 is 0 Å². The number of piperidine rings is 1. The van der Waals surface area contributed by atoms with Crippen LogP contribution < -0.4 is 19.5 Å². The lowest BCUT2D eigenvalue weighted by Crippen LogP contribution is -2.42. The fraction of sp³-hybridized carbons (Fsp3) is 0.556. The highest BCUT2D eigenvalue weighted by Crippen LogP contribution is 2.41. The molecule has 5 nitrogen and oxygen atoms in total. The Bertz CT molecular complexity index is 566. The lowest BCUT2D eigenvalue weighted by molar-refractivity contribution is 0.171. The van der Waals surface area contributed by atoms with Gasteiger partial charge >= 0.3 is 0 Å². The zero-order valence-corrected chi connectivity index (χ0v) is 14.1. The van der Waals surface area contributed by atoms with Gasteiger partial charge in [0.25, 0.3) is 0 Å². The molecule has 2 aliphatic heterocycles. The van der Waals surface area contributed by atoms with Crippen molar-refractivity contribution in [3.63, 3.8) is 0 Å². The summed E-state index contributed by atoms with van der Waals surface area (Å²) in [5.41, 5.74) is 2.40. The summed E-state index contributed by atoms with van der Waals surface area (Å²) in [5, 5.41) is 3.65. The van der Waals surface area contributed by atoms with Crippen molar-refractivity contribution in [3.05, 3.63) is 29.8 Å². The number of fused-ring (bicyclic) bond motifs is 1. The molecule has 23 heavy (non-hydrogen) atoms. The molecule has 2 aliphatic rings. The van der Waals surface area contributed by atoms with Gasteiger partial charge in [-0.25, -0.2) is 0 Å². The van der Waals surface area contributed by atoms with Crippen molar-refractivity contribution < 1.29 is 14.2 Å². The van der Waals surface area contributed by atoms with E-state index in [9.17, 15) is 0 Å². The molecule has 3 rings (SSSR count). The first-order chi connectivity index (χ1) is 11.2. The zero-order valence-electron chi connectivity index (χ0n) is 14.1. The minimum Gasteiger partial charge on any atom is -0.493 e. The summed E-state index contributed by atoms with van der Waals surface area (Å²) in [6.45, 7) is 10.5. The molecule has 0 atom stereocenters. The van der Waals surface area contributed by atoms with Gasteiger partial charge in [-0.2, -0.15) is 0 Å². The summed E-state index contributed by atoms with van der Waals surface area (Å²) in [7, 11) is 1.66. The zero-order chi connectivity index (χ0) is 16.2. The minimum atomic E-state index is 0.268. The van der Waals surface area contributed by atoms with Crippen molar-refractivity contribution in [1.82, 2.24) is 10.2 Å². The number of methoxy groups -OCH3 is 1. The number of rotatable bonds is 6. The van der Waals surface area contributed by atoms with Crippen molar-refractivity contribution >= 4 is 0 Å². The molecule has 0 saturated carbocycles. The molecule has 0 aromatic heterocycles. The standard InChI is InChI=1S/C18H26N2O3/c1-13(2)11-20-6-4-15(5-7-20)19-10-14-8-16(21-3)18-17(9-14)22-12-23-18/h8-9,15,19H,1,4-7,10-12H2,2-3H3. The maximum atomic E-state index is 5.48. The number of hydrogen-bond acceptors (Lipinski definition) is 5. The number of likely N-dealkylation sites (tertiary alicyclic amines) is 1.